The van der Waals surface area contributed by atoms with Gasteiger partial charge in [0.15, 0.2) is 5.78 Å². The highest BCUT2D eigenvalue weighted by Crippen LogP contribution is 2.28. The average Bonchev–Trinajstić information content (AvgIpc) is 3.05. The van der Waals surface area contributed by atoms with Gasteiger partial charge in [-0.3, -0.25) is 14.7 Å². The number of ketones is 1. The molecule has 0 atom stereocenters. The molecule has 3 aromatic heterocycles. The van der Waals surface area contributed by atoms with Gasteiger partial charge in [0.05, 0.1) is 17.4 Å². The number of hydrogen-bond acceptors (Lipinski definition) is 6. The molecule has 158 valence electrons. The van der Waals surface area contributed by atoms with E-state index in [2.05, 4.69) is 15.0 Å². The molecule has 30 heavy (non-hydrogen) atoms. The van der Waals surface area contributed by atoms with Crippen molar-refractivity contribution in [3.05, 3.63) is 48.3 Å². The van der Waals surface area contributed by atoms with E-state index >= 15 is 0 Å². The van der Waals surface area contributed by atoms with Gasteiger partial charge in [0, 0.05) is 42.1 Å². The lowest BCUT2D eigenvalue weighted by Crippen LogP contribution is -2.34. The molecule has 0 aromatic carbocycles. The first-order valence-electron chi connectivity index (χ1n) is 9.66. The van der Waals surface area contributed by atoms with Crippen LogP contribution in [-0.2, 0) is 10.3 Å². The Morgan fingerprint density at radius 2 is 1.73 bits per heavy atom. The molecular weight excluding hydrogens is 382 g/mol. The van der Waals surface area contributed by atoms with Gasteiger partial charge in [-0.15, -0.1) is 0 Å². The number of anilines is 1. The molecule has 0 N–H and O–H groups in total. The molecule has 0 unspecified atom stereocenters. The first-order valence-corrected chi connectivity index (χ1v) is 9.66. The van der Waals surface area contributed by atoms with E-state index in [9.17, 15) is 9.59 Å². The summed E-state index contributed by atoms with van der Waals surface area (Å²) in [5.74, 6) is -0.218. The minimum absolute atomic E-state index is 0.218. The summed E-state index contributed by atoms with van der Waals surface area (Å²) in [7, 11) is 1.58. The molecule has 0 aliphatic heterocycles. The van der Waals surface area contributed by atoms with Crippen LogP contribution in [0.2, 0.25) is 0 Å². The summed E-state index contributed by atoms with van der Waals surface area (Å²) >= 11 is 0. The Hall–Kier alpha value is -3.29. The van der Waals surface area contributed by atoms with E-state index in [1.807, 2.05) is 25.3 Å². The summed E-state index contributed by atoms with van der Waals surface area (Å²) in [6.45, 7) is 11.5. The lowest BCUT2D eigenvalue weighted by Gasteiger charge is -2.24. The number of nitrogens with zero attached hydrogens (tertiary/aromatic N) is 5. The maximum Gasteiger partial charge on any atom is 0.414 e. The van der Waals surface area contributed by atoms with Crippen LogP contribution in [0.5, 0.6) is 0 Å². The molecule has 0 saturated heterocycles. The number of hydrogen-bond donors (Lipinski definition) is 0. The zero-order valence-electron chi connectivity index (χ0n) is 18.4. The third kappa shape index (κ3) is 4.32. The fraction of sp³-hybridized carbons (Fsp3) is 0.409. The number of ether oxygens (including phenoxy) is 1. The van der Waals surface area contributed by atoms with Gasteiger partial charge in [-0.2, -0.15) is 0 Å². The van der Waals surface area contributed by atoms with Crippen LogP contribution in [0.1, 0.15) is 57.5 Å². The number of aromatic nitrogens is 4. The van der Waals surface area contributed by atoms with Crippen LogP contribution < -0.4 is 4.90 Å². The number of rotatable bonds is 3. The maximum atomic E-state index is 13.3. The zero-order valence-corrected chi connectivity index (χ0v) is 18.4. The molecule has 0 radical (unpaired) electrons. The van der Waals surface area contributed by atoms with Gasteiger partial charge in [-0.05, 0) is 47.6 Å². The van der Waals surface area contributed by atoms with Crippen molar-refractivity contribution in [1.29, 1.82) is 0 Å². The normalized spacial score (nSPS) is 12.1. The molecule has 3 aromatic rings. The summed E-state index contributed by atoms with van der Waals surface area (Å²) in [5.41, 5.74) is 1.12. The molecule has 0 fully saturated rings. The number of amides is 1. The van der Waals surface area contributed by atoms with E-state index in [1.165, 1.54) is 23.6 Å². The Morgan fingerprint density at radius 1 is 1.03 bits per heavy atom. The zero-order chi connectivity index (χ0) is 22.3. The molecule has 1 amide bonds. The minimum atomic E-state index is -0.624. The van der Waals surface area contributed by atoms with E-state index in [1.54, 1.807) is 46.3 Å². The highest BCUT2D eigenvalue weighted by molar-refractivity contribution is 6.16. The van der Waals surface area contributed by atoms with Crippen LogP contribution >= 0.6 is 0 Å². The van der Waals surface area contributed by atoms with Gasteiger partial charge in [-0.1, -0.05) is 0 Å². The molecule has 0 bridgehead atoms. The van der Waals surface area contributed by atoms with E-state index in [4.69, 9.17) is 4.74 Å². The van der Waals surface area contributed by atoms with Crippen molar-refractivity contribution in [2.75, 3.05) is 11.9 Å². The standard InChI is InChI=1S/C22H27N5O3/c1-21(2,3)27-12-17(16-11-24-13-25-19(16)27)18(28)14-8-15(10-23-9-14)26(7)20(29)30-22(4,5)6/h8-13H,1-7H3. The van der Waals surface area contributed by atoms with E-state index in [-0.39, 0.29) is 11.3 Å². The molecule has 0 aliphatic rings. The van der Waals surface area contributed by atoms with Crippen molar-refractivity contribution in [2.45, 2.75) is 52.7 Å². The minimum Gasteiger partial charge on any atom is -0.443 e. The van der Waals surface area contributed by atoms with Gasteiger partial charge >= 0.3 is 6.09 Å². The Bertz CT molecular complexity index is 1110. The third-order valence-corrected chi connectivity index (χ3v) is 4.48. The van der Waals surface area contributed by atoms with Crippen LogP contribution in [0, 0.1) is 0 Å². The third-order valence-electron chi connectivity index (χ3n) is 4.48. The quantitative estimate of drug-likeness (QED) is 0.603. The van der Waals surface area contributed by atoms with Crippen LogP contribution in [0.25, 0.3) is 11.0 Å². The second-order valence-electron chi connectivity index (χ2n) is 9.14. The Balaban J connectivity index is 2.00. The number of fused-ring (bicyclic) bond motifs is 1. The van der Waals surface area contributed by atoms with Gasteiger partial charge in [0.25, 0.3) is 0 Å². The monoisotopic (exact) mass is 409 g/mol. The fourth-order valence-electron chi connectivity index (χ4n) is 2.98. The van der Waals surface area contributed by atoms with Crippen molar-refractivity contribution < 1.29 is 14.3 Å². The van der Waals surface area contributed by atoms with Crippen molar-refractivity contribution in [3.63, 3.8) is 0 Å². The first-order chi connectivity index (χ1) is 13.9. The lowest BCUT2D eigenvalue weighted by molar-refractivity contribution is 0.0589. The molecule has 3 heterocycles. The predicted octanol–water partition coefficient (Wildman–Crippen LogP) is 4.18. The van der Waals surface area contributed by atoms with Crippen LogP contribution in [0.4, 0.5) is 10.5 Å². The topological polar surface area (TPSA) is 90.2 Å². The Morgan fingerprint density at radius 3 is 2.37 bits per heavy atom. The highest BCUT2D eigenvalue weighted by atomic mass is 16.6. The summed E-state index contributed by atoms with van der Waals surface area (Å²) in [6.07, 6.45) is 7.39. The average molecular weight is 409 g/mol. The van der Waals surface area contributed by atoms with Crippen LogP contribution in [0.15, 0.2) is 37.2 Å². The summed E-state index contributed by atoms with van der Waals surface area (Å²) in [4.78, 5) is 39.6. The molecule has 8 nitrogen and oxygen atoms in total. The number of carbonyl (C=O) groups excluding carboxylic acids is 2. The van der Waals surface area contributed by atoms with Gasteiger partial charge in [0.1, 0.15) is 17.6 Å². The Labute approximate surface area is 175 Å². The van der Waals surface area contributed by atoms with Gasteiger partial charge in [-0.25, -0.2) is 14.8 Å². The molecular formula is C22H27N5O3. The SMILES string of the molecule is CN(C(=O)OC(C)(C)C)c1cncc(C(=O)c2cn(C(C)(C)C)c3ncncc23)c1. The lowest BCUT2D eigenvalue weighted by atomic mass is 10.1. The van der Waals surface area contributed by atoms with Gasteiger partial charge in [0.2, 0.25) is 0 Å². The smallest absolute Gasteiger partial charge is 0.414 e. The maximum absolute atomic E-state index is 13.3. The molecule has 3 rings (SSSR count). The first kappa shape index (κ1) is 21.4. The largest absolute Gasteiger partial charge is 0.443 e. The summed E-state index contributed by atoms with van der Waals surface area (Å²) in [5, 5.41) is 0.670. The van der Waals surface area contributed by atoms with Crippen molar-refractivity contribution >= 4 is 28.6 Å². The molecule has 0 aliphatic carbocycles. The second-order valence-corrected chi connectivity index (χ2v) is 9.14. The summed E-state index contributed by atoms with van der Waals surface area (Å²) < 4.78 is 7.35. The van der Waals surface area contributed by atoms with E-state index in [0.717, 1.165) is 0 Å². The fourth-order valence-corrected chi connectivity index (χ4v) is 2.98. The molecule has 8 heteroatoms. The highest BCUT2D eigenvalue weighted by Gasteiger charge is 2.25. The second kappa shape index (κ2) is 7.51. The predicted molar refractivity (Wildman–Crippen MR) is 115 cm³/mol. The summed E-state index contributed by atoms with van der Waals surface area (Å²) in [6, 6.07) is 1.63. The van der Waals surface area contributed by atoms with Crippen molar-refractivity contribution in [1.82, 2.24) is 19.5 Å². The molecule has 0 saturated carbocycles. The van der Waals surface area contributed by atoms with Gasteiger partial charge < -0.3 is 9.30 Å². The van der Waals surface area contributed by atoms with Crippen LogP contribution in [0.3, 0.4) is 0 Å². The van der Waals surface area contributed by atoms with E-state index in [0.29, 0.717) is 27.8 Å². The number of carbonyl (C=O) groups is 2. The van der Waals surface area contributed by atoms with Crippen molar-refractivity contribution in [3.8, 4) is 0 Å². The number of pyridine rings is 1. The van der Waals surface area contributed by atoms with Crippen molar-refractivity contribution in [2.24, 2.45) is 0 Å². The molecule has 0 spiro atoms. The van der Waals surface area contributed by atoms with Crippen LogP contribution in [-0.4, -0.2) is 44.0 Å². The Kier molecular flexibility index (Phi) is 5.36. The van der Waals surface area contributed by atoms with E-state index < -0.39 is 11.7 Å².